The molecule has 0 saturated carbocycles. The molecule has 0 unspecified atom stereocenters. The lowest BCUT2D eigenvalue weighted by Crippen LogP contribution is -1.97. The van der Waals surface area contributed by atoms with Crippen molar-refractivity contribution in [3.05, 3.63) is 42.4 Å². The second kappa shape index (κ2) is 4.38. The molecule has 1 aromatic carbocycles. The maximum Gasteiger partial charge on any atom is 0.163 e. The third-order valence-electron chi connectivity index (χ3n) is 2.78. The first-order valence-electron chi connectivity index (χ1n) is 5.68. The van der Waals surface area contributed by atoms with Gasteiger partial charge >= 0.3 is 0 Å². The van der Waals surface area contributed by atoms with Crippen LogP contribution >= 0.6 is 0 Å². The quantitative estimate of drug-likeness (QED) is 0.752. The lowest BCUT2D eigenvalue weighted by atomic mass is 10.2. The van der Waals surface area contributed by atoms with Gasteiger partial charge in [-0.2, -0.15) is 10.4 Å². The Hall–Kier alpha value is -2.94. The molecule has 3 aromatic rings. The maximum absolute atomic E-state index is 8.89. The molecule has 0 spiro atoms. The molecule has 0 radical (unpaired) electrons. The van der Waals surface area contributed by atoms with Gasteiger partial charge in [-0.05, 0) is 18.2 Å². The number of nitrogens with one attached hydrogen (secondary N) is 1. The summed E-state index contributed by atoms with van der Waals surface area (Å²) in [6.45, 7) is 0. The second-order valence-electron chi connectivity index (χ2n) is 4.05. The molecule has 1 N–H and O–H groups in total. The van der Waals surface area contributed by atoms with Gasteiger partial charge in [0.05, 0.1) is 23.2 Å². The van der Waals surface area contributed by atoms with Crippen molar-refractivity contribution in [3.63, 3.8) is 0 Å². The number of anilines is 2. The molecule has 19 heavy (non-hydrogen) atoms. The Balaban J connectivity index is 2.03. The number of rotatable bonds is 2. The number of fused-ring (bicyclic) bond motifs is 1. The van der Waals surface area contributed by atoms with Gasteiger partial charge in [0.15, 0.2) is 5.65 Å². The summed E-state index contributed by atoms with van der Waals surface area (Å²) in [4.78, 5) is 8.39. The number of nitrogens with zero attached hydrogens (tertiary/aromatic N) is 5. The van der Waals surface area contributed by atoms with E-state index < -0.39 is 0 Å². The van der Waals surface area contributed by atoms with Crippen molar-refractivity contribution in [2.24, 2.45) is 7.05 Å². The lowest BCUT2D eigenvalue weighted by molar-refractivity contribution is 0.785. The van der Waals surface area contributed by atoms with E-state index in [9.17, 15) is 0 Å². The fraction of sp³-hybridized carbons (Fsp3) is 0.0769. The first-order valence-corrected chi connectivity index (χ1v) is 5.68. The predicted molar refractivity (Wildman–Crippen MR) is 70.7 cm³/mol. The van der Waals surface area contributed by atoms with Crippen LogP contribution in [0.1, 0.15) is 5.56 Å². The molecule has 0 aliphatic heterocycles. The van der Waals surface area contributed by atoms with Crippen LogP contribution in [0.15, 0.2) is 36.8 Å². The average molecular weight is 250 g/mol. The molecule has 0 atom stereocenters. The third-order valence-corrected chi connectivity index (χ3v) is 2.78. The van der Waals surface area contributed by atoms with Crippen LogP contribution in [0.25, 0.3) is 11.0 Å². The van der Waals surface area contributed by atoms with Crippen molar-refractivity contribution in [2.75, 3.05) is 5.32 Å². The Morgan fingerprint density at radius 2 is 2.21 bits per heavy atom. The Labute approximate surface area is 109 Å². The zero-order valence-corrected chi connectivity index (χ0v) is 10.2. The molecule has 92 valence electrons. The van der Waals surface area contributed by atoms with Crippen LogP contribution in [-0.2, 0) is 7.05 Å². The summed E-state index contributed by atoms with van der Waals surface area (Å²) >= 11 is 0. The highest BCUT2D eigenvalue weighted by molar-refractivity contribution is 5.88. The lowest BCUT2D eigenvalue weighted by Gasteiger charge is -2.06. The van der Waals surface area contributed by atoms with Gasteiger partial charge in [0, 0.05) is 12.7 Å². The maximum atomic E-state index is 8.89. The van der Waals surface area contributed by atoms with E-state index in [0.29, 0.717) is 11.4 Å². The van der Waals surface area contributed by atoms with E-state index in [4.69, 9.17) is 5.26 Å². The number of benzene rings is 1. The van der Waals surface area contributed by atoms with Crippen molar-refractivity contribution in [1.82, 2.24) is 19.7 Å². The van der Waals surface area contributed by atoms with E-state index in [2.05, 4.69) is 26.5 Å². The Morgan fingerprint density at radius 3 is 3.05 bits per heavy atom. The molecule has 0 bridgehead atoms. The van der Waals surface area contributed by atoms with Crippen LogP contribution in [0.2, 0.25) is 0 Å². The Morgan fingerprint density at radius 1 is 1.32 bits per heavy atom. The number of hydrogen-bond donors (Lipinski definition) is 1. The number of nitriles is 1. The van der Waals surface area contributed by atoms with E-state index in [0.717, 1.165) is 16.7 Å². The van der Waals surface area contributed by atoms with Gasteiger partial charge in [0.25, 0.3) is 0 Å². The number of hydrogen-bond acceptors (Lipinski definition) is 5. The molecule has 2 aromatic heterocycles. The first-order chi connectivity index (χ1) is 9.28. The van der Waals surface area contributed by atoms with E-state index in [1.54, 1.807) is 23.0 Å². The minimum absolute atomic E-state index is 0.599. The predicted octanol–water partition coefficient (Wildman–Crippen LogP) is 1.98. The molecular weight excluding hydrogens is 240 g/mol. The summed E-state index contributed by atoms with van der Waals surface area (Å²) < 4.78 is 1.69. The smallest absolute Gasteiger partial charge is 0.163 e. The largest absolute Gasteiger partial charge is 0.339 e. The standard InChI is InChI=1S/C13H10N6/c1-19-13-11(7-17-19)12(15-8-16-13)18-10-4-2-3-9(5-10)6-14/h2-5,7-8H,1H3,(H,15,16,18). The van der Waals surface area contributed by atoms with E-state index >= 15 is 0 Å². The van der Waals surface area contributed by atoms with Crippen LogP contribution in [0.3, 0.4) is 0 Å². The normalized spacial score (nSPS) is 10.3. The third kappa shape index (κ3) is 1.98. The highest BCUT2D eigenvalue weighted by Crippen LogP contribution is 2.22. The van der Waals surface area contributed by atoms with Crippen molar-refractivity contribution in [1.29, 1.82) is 5.26 Å². The van der Waals surface area contributed by atoms with Crippen molar-refractivity contribution in [2.45, 2.75) is 0 Å². The topological polar surface area (TPSA) is 79.4 Å². The molecule has 2 heterocycles. The summed E-state index contributed by atoms with van der Waals surface area (Å²) in [5, 5.41) is 17.1. The summed E-state index contributed by atoms with van der Waals surface area (Å²) in [5.74, 6) is 0.674. The summed E-state index contributed by atoms with van der Waals surface area (Å²) in [6.07, 6.45) is 3.20. The molecule has 0 fully saturated rings. The number of aromatic nitrogens is 4. The van der Waals surface area contributed by atoms with Crippen LogP contribution < -0.4 is 5.32 Å². The van der Waals surface area contributed by atoms with E-state index in [1.807, 2.05) is 19.2 Å². The zero-order chi connectivity index (χ0) is 13.2. The molecule has 0 aliphatic rings. The summed E-state index contributed by atoms with van der Waals surface area (Å²) in [5.41, 5.74) is 2.17. The second-order valence-corrected chi connectivity index (χ2v) is 4.05. The minimum Gasteiger partial charge on any atom is -0.339 e. The van der Waals surface area contributed by atoms with Gasteiger partial charge < -0.3 is 5.32 Å². The van der Waals surface area contributed by atoms with Gasteiger partial charge in [0.2, 0.25) is 0 Å². The van der Waals surface area contributed by atoms with Gasteiger partial charge in [-0.25, -0.2) is 9.97 Å². The van der Waals surface area contributed by atoms with Gasteiger partial charge in [0.1, 0.15) is 12.1 Å². The molecule has 0 amide bonds. The Kier molecular flexibility index (Phi) is 2.58. The van der Waals surface area contributed by atoms with Crippen LogP contribution in [-0.4, -0.2) is 19.7 Å². The minimum atomic E-state index is 0.599. The van der Waals surface area contributed by atoms with Crippen molar-refractivity contribution < 1.29 is 0 Å². The highest BCUT2D eigenvalue weighted by Gasteiger charge is 2.07. The summed E-state index contributed by atoms with van der Waals surface area (Å²) in [6, 6.07) is 9.33. The molecule has 3 rings (SSSR count). The molecule has 0 saturated heterocycles. The van der Waals surface area contributed by atoms with Gasteiger partial charge in [-0.1, -0.05) is 6.07 Å². The monoisotopic (exact) mass is 250 g/mol. The van der Waals surface area contributed by atoms with E-state index in [-0.39, 0.29) is 0 Å². The molecule has 6 heteroatoms. The average Bonchev–Trinajstić information content (AvgIpc) is 2.82. The summed E-state index contributed by atoms with van der Waals surface area (Å²) in [7, 11) is 1.83. The molecule has 0 aliphatic carbocycles. The number of aryl methyl sites for hydroxylation is 1. The fourth-order valence-electron chi connectivity index (χ4n) is 1.86. The Bertz CT molecular complexity index is 783. The van der Waals surface area contributed by atoms with Crippen LogP contribution in [0.5, 0.6) is 0 Å². The highest BCUT2D eigenvalue weighted by atomic mass is 15.3. The first kappa shape index (κ1) is 11.2. The van der Waals surface area contributed by atoms with Crippen molar-refractivity contribution >= 4 is 22.5 Å². The van der Waals surface area contributed by atoms with Gasteiger partial charge in [-0.15, -0.1) is 0 Å². The van der Waals surface area contributed by atoms with Gasteiger partial charge in [-0.3, -0.25) is 4.68 Å². The van der Waals surface area contributed by atoms with Crippen molar-refractivity contribution in [3.8, 4) is 6.07 Å². The van der Waals surface area contributed by atoms with Crippen LogP contribution in [0.4, 0.5) is 11.5 Å². The SMILES string of the molecule is Cn1ncc2c(Nc3cccc(C#N)c3)ncnc21. The zero-order valence-electron chi connectivity index (χ0n) is 10.2. The molecular formula is C13H10N6. The fourth-order valence-corrected chi connectivity index (χ4v) is 1.86. The van der Waals surface area contributed by atoms with E-state index in [1.165, 1.54) is 6.33 Å². The molecule has 6 nitrogen and oxygen atoms in total. The van der Waals surface area contributed by atoms with Crippen LogP contribution in [0, 0.1) is 11.3 Å².